The Morgan fingerprint density at radius 1 is 1.19 bits per heavy atom. The molecule has 1 amide bonds. The highest BCUT2D eigenvalue weighted by Gasteiger charge is 2.22. The average molecular weight is 475 g/mol. The normalized spacial score (nSPS) is 12.3. The lowest BCUT2D eigenvalue weighted by Crippen LogP contribution is -2.41. The van der Waals surface area contributed by atoms with Crippen molar-refractivity contribution in [2.45, 2.75) is 25.4 Å². The minimum atomic E-state index is -1.03. The van der Waals surface area contributed by atoms with Crippen LogP contribution in [0.2, 0.25) is 0 Å². The number of nitrogens with zero attached hydrogens (tertiary/aromatic N) is 1. The van der Waals surface area contributed by atoms with Gasteiger partial charge in [-0.15, -0.1) is 12.4 Å². The van der Waals surface area contributed by atoms with Crippen molar-refractivity contribution in [3.63, 3.8) is 0 Å². The predicted molar refractivity (Wildman–Crippen MR) is 132 cm³/mol. The van der Waals surface area contributed by atoms with E-state index in [4.69, 9.17) is 0 Å². The molecule has 0 radical (unpaired) electrons. The van der Waals surface area contributed by atoms with Crippen LogP contribution in [0.15, 0.2) is 61.1 Å². The molecule has 2 aromatic carbocycles. The number of halogens is 1. The first-order valence-corrected chi connectivity index (χ1v) is 11.4. The fraction of sp³-hybridized carbons (Fsp3) is 0.261. The molecule has 0 saturated carbocycles. The number of hydrogen-bond acceptors (Lipinski definition) is 5. The first-order chi connectivity index (χ1) is 15.0. The minimum absolute atomic E-state index is 0. The standard InChI is InChI=1S/C23H26N4O3S.ClH/c1-15(21-13-24-14-25-21)26-17-8-9-18(19(12-17)16-6-4-3-5-7-16)22(28)27-20(23(29)30)10-11-31-2;/h3-9,12-15,20,26H,10-11H2,1-2H3,(H,24,25)(H,27,28)(H,29,30);1H. The molecule has 3 aromatic rings. The molecule has 0 aliphatic carbocycles. The number of aromatic amines is 1. The molecule has 2 atom stereocenters. The molecule has 7 nitrogen and oxygen atoms in total. The zero-order valence-electron chi connectivity index (χ0n) is 17.9. The minimum Gasteiger partial charge on any atom is -0.480 e. The highest BCUT2D eigenvalue weighted by molar-refractivity contribution is 7.98. The smallest absolute Gasteiger partial charge is 0.326 e. The van der Waals surface area contributed by atoms with Gasteiger partial charge in [0.2, 0.25) is 0 Å². The van der Waals surface area contributed by atoms with Crippen LogP contribution in [-0.2, 0) is 4.79 Å². The van der Waals surface area contributed by atoms with Crippen molar-refractivity contribution in [1.82, 2.24) is 15.3 Å². The lowest BCUT2D eigenvalue weighted by molar-refractivity contribution is -0.139. The Hall–Kier alpha value is -2.97. The van der Waals surface area contributed by atoms with Crippen LogP contribution in [0.1, 0.15) is 35.4 Å². The molecule has 0 spiro atoms. The van der Waals surface area contributed by atoms with Crippen LogP contribution in [0.3, 0.4) is 0 Å². The summed E-state index contributed by atoms with van der Waals surface area (Å²) < 4.78 is 0. The number of H-pyrrole nitrogens is 1. The van der Waals surface area contributed by atoms with Crippen molar-refractivity contribution < 1.29 is 14.7 Å². The second-order valence-electron chi connectivity index (χ2n) is 7.13. The van der Waals surface area contributed by atoms with Crippen molar-refractivity contribution in [3.05, 3.63) is 72.3 Å². The third kappa shape index (κ3) is 6.51. The Balaban J connectivity index is 0.00000363. The van der Waals surface area contributed by atoms with Gasteiger partial charge >= 0.3 is 5.97 Å². The van der Waals surface area contributed by atoms with Gasteiger partial charge in [0.1, 0.15) is 6.04 Å². The summed E-state index contributed by atoms with van der Waals surface area (Å²) in [4.78, 5) is 31.8. The lowest BCUT2D eigenvalue weighted by atomic mass is 9.97. The fourth-order valence-corrected chi connectivity index (χ4v) is 3.72. The van der Waals surface area contributed by atoms with E-state index in [0.717, 1.165) is 22.5 Å². The fourth-order valence-electron chi connectivity index (χ4n) is 3.25. The zero-order chi connectivity index (χ0) is 22.2. The second-order valence-corrected chi connectivity index (χ2v) is 8.12. The van der Waals surface area contributed by atoms with E-state index in [1.54, 1.807) is 24.2 Å². The summed E-state index contributed by atoms with van der Waals surface area (Å²) >= 11 is 1.55. The number of anilines is 1. The van der Waals surface area contributed by atoms with E-state index in [2.05, 4.69) is 20.6 Å². The molecule has 32 heavy (non-hydrogen) atoms. The van der Waals surface area contributed by atoms with E-state index in [9.17, 15) is 14.7 Å². The van der Waals surface area contributed by atoms with Gasteiger partial charge in [0.05, 0.1) is 18.1 Å². The molecule has 3 rings (SSSR count). The third-order valence-electron chi connectivity index (χ3n) is 4.91. The Morgan fingerprint density at radius 2 is 1.94 bits per heavy atom. The summed E-state index contributed by atoms with van der Waals surface area (Å²) in [7, 11) is 0. The topological polar surface area (TPSA) is 107 Å². The molecular formula is C23H27ClN4O3S. The molecule has 1 aromatic heterocycles. The van der Waals surface area contributed by atoms with Crippen LogP contribution < -0.4 is 10.6 Å². The van der Waals surface area contributed by atoms with Gasteiger partial charge < -0.3 is 20.7 Å². The number of benzene rings is 2. The Bertz CT molecular complexity index is 1020. The quantitative estimate of drug-likeness (QED) is 0.342. The molecule has 0 bridgehead atoms. The second kappa shape index (κ2) is 12.2. The monoisotopic (exact) mass is 474 g/mol. The number of aliphatic carboxylic acids is 1. The van der Waals surface area contributed by atoms with E-state index in [0.29, 0.717) is 17.7 Å². The summed E-state index contributed by atoms with van der Waals surface area (Å²) in [5.41, 5.74) is 3.75. The van der Waals surface area contributed by atoms with Crippen molar-refractivity contribution >= 4 is 41.7 Å². The van der Waals surface area contributed by atoms with Gasteiger partial charge in [-0.2, -0.15) is 11.8 Å². The van der Waals surface area contributed by atoms with Crippen molar-refractivity contribution in [2.24, 2.45) is 0 Å². The number of hydrogen-bond donors (Lipinski definition) is 4. The molecule has 0 fully saturated rings. The summed E-state index contributed by atoms with van der Waals surface area (Å²) in [6.07, 6.45) is 5.73. The van der Waals surface area contributed by atoms with Crippen LogP contribution >= 0.6 is 24.2 Å². The summed E-state index contributed by atoms with van der Waals surface area (Å²) in [5.74, 6) is -0.787. The van der Waals surface area contributed by atoms with Gasteiger partial charge in [0.25, 0.3) is 5.91 Å². The molecule has 0 aliphatic heterocycles. The Kier molecular flexibility index (Phi) is 9.61. The molecule has 0 saturated heterocycles. The number of aromatic nitrogens is 2. The lowest BCUT2D eigenvalue weighted by Gasteiger charge is -2.18. The van der Waals surface area contributed by atoms with E-state index >= 15 is 0 Å². The molecule has 4 N–H and O–H groups in total. The van der Waals surface area contributed by atoms with Gasteiger partial charge in [-0.3, -0.25) is 4.79 Å². The van der Waals surface area contributed by atoms with Crippen LogP contribution in [0.5, 0.6) is 0 Å². The maximum absolute atomic E-state index is 13.0. The van der Waals surface area contributed by atoms with E-state index in [-0.39, 0.29) is 18.4 Å². The molecule has 9 heteroatoms. The third-order valence-corrected chi connectivity index (χ3v) is 5.55. The molecule has 0 aliphatic rings. The average Bonchev–Trinajstić information content (AvgIpc) is 3.32. The maximum atomic E-state index is 13.0. The predicted octanol–water partition coefficient (Wildman–Crippen LogP) is 4.61. The van der Waals surface area contributed by atoms with Crippen LogP contribution in [0, 0.1) is 0 Å². The number of amides is 1. The van der Waals surface area contributed by atoms with Gasteiger partial charge in [0, 0.05) is 17.4 Å². The van der Waals surface area contributed by atoms with Crippen LogP contribution in [0.25, 0.3) is 11.1 Å². The van der Waals surface area contributed by atoms with Crippen LogP contribution in [-0.4, -0.2) is 45.0 Å². The largest absolute Gasteiger partial charge is 0.480 e. The van der Waals surface area contributed by atoms with E-state index in [1.807, 2.05) is 61.8 Å². The van der Waals surface area contributed by atoms with Gasteiger partial charge in [-0.1, -0.05) is 30.3 Å². The number of rotatable bonds is 10. The maximum Gasteiger partial charge on any atom is 0.326 e. The first-order valence-electron chi connectivity index (χ1n) is 9.97. The van der Waals surface area contributed by atoms with Crippen molar-refractivity contribution in [3.8, 4) is 11.1 Å². The summed E-state index contributed by atoms with van der Waals surface area (Å²) in [6.45, 7) is 2.00. The Labute approximate surface area is 197 Å². The van der Waals surface area contributed by atoms with E-state index < -0.39 is 17.9 Å². The molecule has 2 unspecified atom stereocenters. The van der Waals surface area contributed by atoms with Gasteiger partial charge in [0.15, 0.2) is 0 Å². The number of carbonyl (C=O) groups is 2. The van der Waals surface area contributed by atoms with E-state index in [1.165, 1.54) is 0 Å². The first kappa shape index (κ1) is 25.3. The Morgan fingerprint density at radius 3 is 2.56 bits per heavy atom. The summed E-state index contributed by atoms with van der Waals surface area (Å²) in [6, 6.07) is 14.1. The summed E-state index contributed by atoms with van der Waals surface area (Å²) in [5, 5.41) is 15.5. The van der Waals surface area contributed by atoms with Gasteiger partial charge in [-0.05, 0) is 54.7 Å². The SMILES string of the molecule is CSCCC(NC(=O)c1ccc(NC(C)c2c[nH]cn2)cc1-c1ccccc1)C(=O)O.Cl. The van der Waals surface area contributed by atoms with Gasteiger partial charge in [-0.25, -0.2) is 9.78 Å². The highest BCUT2D eigenvalue weighted by atomic mass is 35.5. The number of carboxylic acids is 1. The number of nitrogens with one attached hydrogen (secondary N) is 3. The van der Waals surface area contributed by atoms with Crippen molar-refractivity contribution in [2.75, 3.05) is 17.3 Å². The number of imidazole rings is 1. The number of carboxylic acid groups (broad SMARTS) is 1. The highest BCUT2D eigenvalue weighted by Crippen LogP contribution is 2.29. The molecule has 170 valence electrons. The van der Waals surface area contributed by atoms with Crippen LogP contribution in [0.4, 0.5) is 5.69 Å². The number of thioether (sulfide) groups is 1. The molecular weight excluding hydrogens is 448 g/mol. The number of carbonyl (C=O) groups excluding carboxylic acids is 1. The van der Waals surface area contributed by atoms with Crippen molar-refractivity contribution in [1.29, 1.82) is 0 Å². The zero-order valence-corrected chi connectivity index (χ0v) is 19.5. The molecule has 1 heterocycles.